The number of nitrogens with zero attached hydrogens (tertiary/aromatic N) is 1. The molecule has 0 aliphatic rings. The Morgan fingerprint density at radius 3 is 2.25 bits per heavy atom. The van der Waals surface area contributed by atoms with Crippen LogP contribution in [0.3, 0.4) is 0 Å². The number of nitro groups is 1. The Bertz CT molecular complexity index is 193. The lowest BCUT2D eigenvalue weighted by molar-refractivity contribution is -0.558. The van der Waals surface area contributed by atoms with Gasteiger partial charge in [0.15, 0.2) is 0 Å². The highest BCUT2D eigenvalue weighted by molar-refractivity contribution is 4.69. The monoisotopic (exact) mass is 230 g/mol. The topological polar surface area (TPSA) is 55.2 Å². The summed E-state index contributed by atoms with van der Waals surface area (Å²) in [5.41, 5.74) is -0.845. The molecule has 0 atom stereocenters. The molecule has 0 aromatic heterocycles. The van der Waals surface area contributed by atoms with Crippen molar-refractivity contribution in [2.45, 2.75) is 64.8 Å². The number of hydrogen-bond donors (Lipinski definition) is 1. The Balaban J connectivity index is 3.30. The van der Waals surface area contributed by atoms with Crippen LogP contribution in [0.1, 0.15) is 59.3 Å². The van der Waals surface area contributed by atoms with Gasteiger partial charge in [-0.2, -0.15) is 0 Å². The Morgan fingerprint density at radius 1 is 1.12 bits per heavy atom. The molecule has 4 heteroatoms. The third-order valence-corrected chi connectivity index (χ3v) is 2.76. The lowest BCUT2D eigenvalue weighted by atomic mass is 10.1. The minimum Gasteiger partial charge on any atom is -0.310 e. The molecule has 0 rings (SSSR count). The van der Waals surface area contributed by atoms with E-state index in [0.717, 1.165) is 13.0 Å². The zero-order valence-corrected chi connectivity index (χ0v) is 10.9. The molecule has 0 aliphatic carbocycles. The molecule has 0 unspecified atom stereocenters. The molecule has 0 aromatic rings. The first kappa shape index (κ1) is 15.4. The van der Waals surface area contributed by atoms with E-state index in [9.17, 15) is 10.1 Å². The van der Waals surface area contributed by atoms with Crippen molar-refractivity contribution >= 4 is 0 Å². The van der Waals surface area contributed by atoms with Gasteiger partial charge in [-0.15, -0.1) is 0 Å². The molecule has 4 nitrogen and oxygen atoms in total. The van der Waals surface area contributed by atoms with E-state index in [1.807, 2.05) is 0 Å². The molecule has 0 radical (unpaired) electrons. The summed E-state index contributed by atoms with van der Waals surface area (Å²) in [6, 6.07) is 0. The summed E-state index contributed by atoms with van der Waals surface area (Å²) in [6.07, 6.45) is 7.55. The summed E-state index contributed by atoms with van der Waals surface area (Å²) >= 11 is 0. The van der Waals surface area contributed by atoms with E-state index in [4.69, 9.17) is 0 Å². The minimum absolute atomic E-state index is 0.221. The molecular weight excluding hydrogens is 204 g/mol. The standard InChI is InChI=1S/C12H26N2O2/c1-4-5-6-7-8-9-10-13-11-12(2,3)14(15)16/h13H,4-11H2,1-3H3. The van der Waals surface area contributed by atoms with Crippen molar-refractivity contribution < 1.29 is 4.92 Å². The molecule has 0 saturated carbocycles. The van der Waals surface area contributed by atoms with E-state index < -0.39 is 5.54 Å². The fourth-order valence-electron chi connectivity index (χ4n) is 1.49. The van der Waals surface area contributed by atoms with Crippen molar-refractivity contribution in [2.24, 2.45) is 0 Å². The predicted molar refractivity (Wildman–Crippen MR) is 67.3 cm³/mol. The molecule has 0 saturated heterocycles. The second-order valence-corrected chi connectivity index (χ2v) is 5.01. The average Bonchev–Trinajstić information content (AvgIpc) is 2.21. The molecule has 96 valence electrons. The van der Waals surface area contributed by atoms with Gasteiger partial charge >= 0.3 is 0 Å². The summed E-state index contributed by atoms with van der Waals surface area (Å²) in [7, 11) is 0. The average molecular weight is 230 g/mol. The second kappa shape index (κ2) is 8.50. The first-order chi connectivity index (χ1) is 7.50. The van der Waals surface area contributed by atoms with E-state index >= 15 is 0 Å². The third kappa shape index (κ3) is 7.63. The van der Waals surface area contributed by atoms with Crippen molar-refractivity contribution in [1.82, 2.24) is 5.32 Å². The van der Waals surface area contributed by atoms with Crippen LogP contribution < -0.4 is 5.32 Å². The van der Waals surface area contributed by atoms with E-state index in [1.165, 1.54) is 32.1 Å². The second-order valence-electron chi connectivity index (χ2n) is 5.01. The van der Waals surface area contributed by atoms with Crippen LogP contribution in [-0.4, -0.2) is 23.6 Å². The van der Waals surface area contributed by atoms with Gasteiger partial charge in [0, 0.05) is 18.8 Å². The molecule has 0 bridgehead atoms. The molecule has 0 aliphatic heterocycles. The Labute approximate surface area is 99.0 Å². The van der Waals surface area contributed by atoms with Gasteiger partial charge in [-0.05, 0) is 13.0 Å². The van der Waals surface area contributed by atoms with Gasteiger partial charge in [-0.1, -0.05) is 39.0 Å². The lowest BCUT2D eigenvalue weighted by Gasteiger charge is -2.15. The molecule has 16 heavy (non-hydrogen) atoms. The maximum atomic E-state index is 10.6. The van der Waals surface area contributed by atoms with Gasteiger partial charge in [0.1, 0.15) is 0 Å². The van der Waals surface area contributed by atoms with Gasteiger partial charge in [-0.25, -0.2) is 0 Å². The normalized spacial score (nSPS) is 11.7. The minimum atomic E-state index is -0.845. The number of nitrogens with one attached hydrogen (secondary N) is 1. The van der Waals surface area contributed by atoms with Gasteiger partial charge in [0.25, 0.3) is 0 Å². The van der Waals surface area contributed by atoms with E-state index in [1.54, 1.807) is 13.8 Å². The van der Waals surface area contributed by atoms with Crippen LogP contribution in [-0.2, 0) is 0 Å². The smallest absolute Gasteiger partial charge is 0.228 e. The summed E-state index contributed by atoms with van der Waals surface area (Å²) < 4.78 is 0. The largest absolute Gasteiger partial charge is 0.310 e. The van der Waals surface area contributed by atoms with Crippen LogP contribution in [0.25, 0.3) is 0 Å². The third-order valence-electron chi connectivity index (χ3n) is 2.76. The maximum absolute atomic E-state index is 10.6. The summed E-state index contributed by atoms with van der Waals surface area (Å²) in [5.74, 6) is 0. The molecule has 0 aromatic carbocycles. The van der Waals surface area contributed by atoms with Crippen molar-refractivity contribution in [3.63, 3.8) is 0 Å². The van der Waals surface area contributed by atoms with Crippen LogP contribution in [0, 0.1) is 10.1 Å². The van der Waals surface area contributed by atoms with E-state index in [-0.39, 0.29) is 4.92 Å². The molecular formula is C12H26N2O2. The van der Waals surface area contributed by atoms with Gasteiger partial charge in [0.2, 0.25) is 5.54 Å². The van der Waals surface area contributed by atoms with Crippen molar-refractivity contribution in [1.29, 1.82) is 0 Å². The van der Waals surface area contributed by atoms with Crippen LogP contribution in [0.4, 0.5) is 0 Å². The Hall–Kier alpha value is -0.640. The van der Waals surface area contributed by atoms with Crippen LogP contribution >= 0.6 is 0 Å². The highest BCUT2D eigenvalue weighted by Gasteiger charge is 2.29. The zero-order valence-electron chi connectivity index (χ0n) is 10.9. The molecule has 0 fully saturated rings. The van der Waals surface area contributed by atoms with Crippen molar-refractivity contribution in [3.05, 3.63) is 10.1 Å². The Morgan fingerprint density at radius 2 is 1.69 bits per heavy atom. The molecule has 0 spiro atoms. The highest BCUT2D eigenvalue weighted by Crippen LogP contribution is 2.06. The number of unbranched alkanes of at least 4 members (excludes halogenated alkanes) is 5. The Kier molecular flexibility index (Phi) is 8.16. The fourth-order valence-corrected chi connectivity index (χ4v) is 1.49. The van der Waals surface area contributed by atoms with Crippen molar-refractivity contribution in [2.75, 3.05) is 13.1 Å². The quantitative estimate of drug-likeness (QED) is 0.356. The molecule has 1 N–H and O–H groups in total. The first-order valence-electron chi connectivity index (χ1n) is 6.36. The lowest BCUT2D eigenvalue weighted by Crippen LogP contribution is -2.42. The maximum Gasteiger partial charge on any atom is 0.228 e. The van der Waals surface area contributed by atoms with Crippen LogP contribution in [0.5, 0.6) is 0 Å². The van der Waals surface area contributed by atoms with Gasteiger partial charge < -0.3 is 5.32 Å². The SMILES string of the molecule is CCCCCCCCNCC(C)(C)[N+](=O)[O-]. The first-order valence-corrected chi connectivity index (χ1v) is 6.36. The van der Waals surface area contributed by atoms with E-state index in [2.05, 4.69) is 12.2 Å². The van der Waals surface area contributed by atoms with Gasteiger partial charge in [0.05, 0.1) is 6.54 Å². The summed E-state index contributed by atoms with van der Waals surface area (Å²) in [4.78, 5) is 10.4. The zero-order chi connectivity index (χ0) is 12.4. The molecule has 0 heterocycles. The van der Waals surface area contributed by atoms with Gasteiger partial charge in [-0.3, -0.25) is 10.1 Å². The summed E-state index contributed by atoms with van der Waals surface area (Å²) in [6.45, 7) is 6.86. The van der Waals surface area contributed by atoms with E-state index in [0.29, 0.717) is 6.54 Å². The van der Waals surface area contributed by atoms with Crippen LogP contribution in [0.15, 0.2) is 0 Å². The fraction of sp³-hybridized carbons (Fsp3) is 1.00. The number of hydrogen-bond acceptors (Lipinski definition) is 3. The van der Waals surface area contributed by atoms with Crippen LogP contribution in [0.2, 0.25) is 0 Å². The van der Waals surface area contributed by atoms with Crippen molar-refractivity contribution in [3.8, 4) is 0 Å². The highest BCUT2D eigenvalue weighted by atomic mass is 16.6. The molecule has 0 amide bonds. The number of rotatable bonds is 10. The predicted octanol–water partition coefficient (Wildman–Crippen LogP) is 2.99. The summed E-state index contributed by atoms with van der Waals surface area (Å²) in [5, 5.41) is 13.8.